The molecule has 5 heteroatoms. The Morgan fingerprint density at radius 2 is 1.78 bits per heavy atom. The number of hydrogen-bond donors (Lipinski definition) is 1. The molecule has 4 rings (SSSR count). The van der Waals surface area contributed by atoms with Gasteiger partial charge in [-0.1, -0.05) is 60.6 Å². The zero-order valence-corrected chi connectivity index (χ0v) is 23.6. The van der Waals surface area contributed by atoms with E-state index >= 15 is 0 Å². The number of rotatable bonds is 10. The Hall–Kier alpha value is -2.92. The van der Waals surface area contributed by atoms with E-state index in [1.54, 1.807) is 0 Å². The number of aromatic nitrogens is 1. The number of nitrogens with one attached hydrogen (secondary N) is 1. The van der Waals surface area contributed by atoms with E-state index in [0.717, 1.165) is 71.5 Å². The monoisotopic (exact) mass is 502 g/mol. The van der Waals surface area contributed by atoms with Crippen LogP contribution in [0.15, 0.2) is 36.4 Å². The van der Waals surface area contributed by atoms with Crippen molar-refractivity contribution in [2.24, 2.45) is 5.41 Å². The van der Waals surface area contributed by atoms with Gasteiger partial charge in [-0.15, -0.1) is 0 Å². The number of Topliss-reactive ketones (excluding diaryl/α,β-unsaturated/α-hetero) is 1. The molecule has 1 aromatic heterocycles. The number of ketones is 2. The molecule has 0 spiro atoms. The minimum atomic E-state index is -0.366. The zero-order chi connectivity index (χ0) is 27.0. The number of H-pyrrole nitrogens is 1. The molecule has 1 aliphatic carbocycles. The molecule has 5 nitrogen and oxygen atoms in total. The topological polar surface area (TPSA) is 62.4 Å². The molecule has 0 radical (unpaired) electrons. The van der Waals surface area contributed by atoms with Crippen molar-refractivity contribution in [1.29, 1.82) is 0 Å². The third kappa shape index (κ3) is 5.38. The number of carbonyl (C=O) groups excluding carboxylic acids is 2. The number of fused-ring (bicyclic) bond motifs is 4. The SMILES string of the molecule is CCN(CC)CCOc1ccc2c(c1)C(C)(C)c1[nH]c3cc(CCCC(=O)C(C)(C)C)ccc3c1C2=O. The average molecular weight is 503 g/mol. The number of ether oxygens (including phenoxy) is 1. The Morgan fingerprint density at radius 1 is 1.05 bits per heavy atom. The molecule has 0 saturated heterocycles. The van der Waals surface area contributed by atoms with Gasteiger partial charge in [-0.3, -0.25) is 9.59 Å². The molecule has 0 saturated carbocycles. The second-order valence-electron chi connectivity index (χ2n) is 11.8. The van der Waals surface area contributed by atoms with Crippen molar-refractivity contribution in [3.8, 4) is 5.75 Å². The smallest absolute Gasteiger partial charge is 0.195 e. The summed E-state index contributed by atoms with van der Waals surface area (Å²) >= 11 is 0. The first-order chi connectivity index (χ1) is 17.5. The molecule has 198 valence electrons. The van der Waals surface area contributed by atoms with E-state index in [9.17, 15) is 9.59 Å². The first-order valence-corrected chi connectivity index (χ1v) is 13.7. The largest absolute Gasteiger partial charge is 0.492 e. The van der Waals surface area contributed by atoms with Crippen LogP contribution in [0.1, 0.15) is 94.1 Å². The summed E-state index contributed by atoms with van der Waals surface area (Å²) in [5.74, 6) is 1.16. The van der Waals surface area contributed by atoms with Crippen LogP contribution >= 0.6 is 0 Å². The van der Waals surface area contributed by atoms with Gasteiger partial charge < -0.3 is 14.6 Å². The fourth-order valence-electron chi connectivity index (χ4n) is 5.36. The number of aromatic amines is 1. The van der Waals surface area contributed by atoms with Crippen molar-refractivity contribution in [3.63, 3.8) is 0 Å². The van der Waals surface area contributed by atoms with Crippen LogP contribution in [0, 0.1) is 5.41 Å². The lowest BCUT2D eigenvalue weighted by Crippen LogP contribution is -2.30. The summed E-state index contributed by atoms with van der Waals surface area (Å²) in [5.41, 5.74) is 4.98. The van der Waals surface area contributed by atoms with Crippen molar-refractivity contribution in [3.05, 3.63) is 64.3 Å². The number of carbonyl (C=O) groups is 2. The molecule has 0 amide bonds. The summed E-state index contributed by atoms with van der Waals surface area (Å²) < 4.78 is 6.09. The summed E-state index contributed by atoms with van der Waals surface area (Å²) in [5, 5.41) is 0.966. The maximum absolute atomic E-state index is 13.7. The fourth-order valence-corrected chi connectivity index (χ4v) is 5.36. The Morgan fingerprint density at radius 3 is 2.46 bits per heavy atom. The fraction of sp³-hybridized carbons (Fsp3) is 0.500. The maximum Gasteiger partial charge on any atom is 0.195 e. The lowest BCUT2D eigenvalue weighted by molar-refractivity contribution is -0.126. The molecule has 1 aliphatic rings. The van der Waals surface area contributed by atoms with Crippen LogP contribution in [0.25, 0.3) is 10.9 Å². The summed E-state index contributed by atoms with van der Waals surface area (Å²) in [6, 6.07) is 12.2. The van der Waals surface area contributed by atoms with Crippen LogP contribution in [0.2, 0.25) is 0 Å². The third-order valence-electron chi connectivity index (χ3n) is 7.90. The van der Waals surface area contributed by atoms with Crippen molar-refractivity contribution < 1.29 is 14.3 Å². The van der Waals surface area contributed by atoms with Crippen molar-refractivity contribution in [1.82, 2.24) is 9.88 Å². The minimum absolute atomic E-state index is 0.0637. The van der Waals surface area contributed by atoms with E-state index < -0.39 is 0 Å². The molecule has 1 heterocycles. The van der Waals surface area contributed by atoms with E-state index in [0.29, 0.717) is 18.8 Å². The first-order valence-electron chi connectivity index (χ1n) is 13.7. The van der Waals surface area contributed by atoms with Gasteiger partial charge in [0.25, 0.3) is 0 Å². The molecule has 0 unspecified atom stereocenters. The number of likely N-dealkylation sites (N-methyl/N-ethyl adjacent to an activating group) is 1. The number of nitrogens with zero attached hydrogens (tertiary/aromatic N) is 1. The van der Waals surface area contributed by atoms with Gasteiger partial charge in [0.15, 0.2) is 5.78 Å². The maximum atomic E-state index is 13.7. The quantitative estimate of drug-likeness (QED) is 0.335. The molecule has 37 heavy (non-hydrogen) atoms. The Kier molecular flexibility index (Phi) is 7.66. The highest BCUT2D eigenvalue weighted by molar-refractivity contribution is 6.20. The molecule has 2 aromatic carbocycles. The first kappa shape index (κ1) is 27.1. The second-order valence-corrected chi connectivity index (χ2v) is 11.8. The predicted molar refractivity (Wildman–Crippen MR) is 151 cm³/mol. The molecule has 0 aliphatic heterocycles. The molecular weight excluding hydrogens is 460 g/mol. The van der Waals surface area contributed by atoms with Crippen LogP contribution in [-0.2, 0) is 16.6 Å². The summed E-state index contributed by atoms with van der Waals surface area (Å²) in [6.07, 6.45) is 2.26. The molecule has 3 aromatic rings. The van der Waals surface area contributed by atoms with Crippen LogP contribution < -0.4 is 4.74 Å². The highest BCUT2D eigenvalue weighted by atomic mass is 16.5. The summed E-state index contributed by atoms with van der Waals surface area (Å²) in [6.45, 7) is 18.1. The Balaban J connectivity index is 1.58. The van der Waals surface area contributed by atoms with Crippen LogP contribution in [-0.4, -0.2) is 47.7 Å². The van der Waals surface area contributed by atoms with Gasteiger partial charge in [0.2, 0.25) is 0 Å². The van der Waals surface area contributed by atoms with Crippen molar-refractivity contribution in [2.75, 3.05) is 26.2 Å². The van der Waals surface area contributed by atoms with Crippen molar-refractivity contribution in [2.45, 2.75) is 73.1 Å². The van der Waals surface area contributed by atoms with Crippen LogP contribution in [0.4, 0.5) is 0 Å². The molecule has 0 fully saturated rings. The van der Waals surface area contributed by atoms with Crippen molar-refractivity contribution >= 4 is 22.5 Å². The molecule has 0 atom stereocenters. The Bertz CT molecular complexity index is 1310. The number of aryl methyl sites for hydroxylation is 1. The number of benzene rings is 2. The summed E-state index contributed by atoms with van der Waals surface area (Å²) in [7, 11) is 0. The van der Waals surface area contributed by atoms with Crippen LogP contribution in [0.3, 0.4) is 0 Å². The molecule has 1 N–H and O–H groups in total. The highest BCUT2D eigenvalue weighted by Gasteiger charge is 2.39. The van der Waals surface area contributed by atoms with Gasteiger partial charge in [-0.05, 0) is 61.3 Å². The lowest BCUT2D eigenvalue weighted by Gasteiger charge is -2.32. The standard InChI is InChI=1S/C32H42N2O3/c1-8-34(9-2)17-18-37-22-14-16-23-25(20-22)32(6,7)30-28(29(23)36)24-15-13-21(19-26(24)33-30)11-10-12-27(35)31(3,4)5/h13-16,19-20,33H,8-12,17-18H2,1-7H3. The van der Waals surface area contributed by atoms with Gasteiger partial charge in [0, 0.05) is 46.0 Å². The van der Waals surface area contributed by atoms with E-state index in [-0.39, 0.29) is 16.6 Å². The van der Waals surface area contributed by atoms with Crippen LogP contribution in [0.5, 0.6) is 5.75 Å². The van der Waals surface area contributed by atoms with Gasteiger partial charge in [-0.25, -0.2) is 0 Å². The predicted octanol–water partition coefficient (Wildman–Crippen LogP) is 6.70. The van der Waals surface area contributed by atoms with Gasteiger partial charge >= 0.3 is 0 Å². The lowest BCUT2D eigenvalue weighted by atomic mass is 9.71. The number of hydrogen-bond acceptors (Lipinski definition) is 4. The van der Waals surface area contributed by atoms with E-state index in [1.807, 2.05) is 39.0 Å². The van der Waals surface area contributed by atoms with Gasteiger partial charge in [0.05, 0.1) is 5.56 Å². The highest BCUT2D eigenvalue weighted by Crippen LogP contribution is 2.44. The minimum Gasteiger partial charge on any atom is -0.492 e. The van der Waals surface area contributed by atoms with E-state index in [4.69, 9.17) is 4.74 Å². The molecular formula is C32H42N2O3. The third-order valence-corrected chi connectivity index (χ3v) is 7.90. The van der Waals surface area contributed by atoms with E-state index in [2.05, 4.69) is 55.8 Å². The van der Waals surface area contributed by atoms with E-state index in [1.165, 1.54) is 5.56 Å². The normalized spacial score (nSPS) is 14.6. The van der Waals surface area contributed by atoms with Gasteiger partial charge in [-0.2, -0.15) is 0 Å². The Labute approximate surface area is 221 Å². The second kappa shape index (κ2) is 10.4. The van der Waals surface area contributed by atoms with Gasteiger partial charge in [0.1, 0.15) is 18.1 Å². The average Bonchev–Trinajstić information content (AvgIpc) is 3.25. The zero-order valence-electron chi connectivity index (χ0n) is 23.6. The molecule has 0 bridgehead atoms. The summed E-state index contributed by atoms with van der Waals surface area (Å²) in [4.78, 5) is 31.9.